The van der Waals surface area contributed by atoms with E-state index in [2.05, 4.69) is 15.9 Å². The van der Waals surface area contributed by atoms with Crippen molar-refractivity contribution < 1.29 is 22.9 Å². The van der Waals surface area contributed by atoms with Gasteiger partial charge in [-0.3, -0.25) is 14.9 Å². The van der Waals surface area contributed by atoms with Gasteiger partial charge in [-0.2, -0.15) is 4.31 Å². The van der Waals surface area contributed by atoms with Crippen LogP contribution >= 0.6 is 15.9 Å². The number of non-ortho nitro benzene ring substituents is 1. The Hall–Kier alpha value is -2.50. The lowest BCUT2D eigenvalue weighted by atomic mass is 10.2. The molecule has 0 radical (unpaired) electrons. The molecule has 1 heterocycles. The Morgan fingerprint density at radius 1 is 1.13 bits per heavy atom. The Labute approximate surface area is 182 Å². The number of nitrogens with zero attached hydrogens (tertiary/aromatic N) is 3. The van der Waals surface area contributed by atoms with Gasteiger partial charge in [-0.15, -0.1) is 0 Å². The van der Waals surface area contributed by atoms with E-state index < -0.39 is 14.9 Å². The molecular formula is C19H20BrN3O6S. The molecule has 1 aliphatic heterocycles. The number of aryl methyl sites for hydroxylation is 1. The van der Waals surface area contributed by atoms with Gasteiger partial charge in [0.1, 0.15) is 5.75 Å². The molecule has 2 aromatic carbocycles. The molecule has 3 rings (SSSR count). The van der Waals surface area contributed by atoms with E-state index in [1.165, 1.54) is 16.4 Å². The van der Waals surface area contributed by atoms with Crippen molar-refractivity contribution in [1.82, 2.24) is 9.21 Å². The first-order valence-corrected chi connectivity index (χ1v) is 11.3. The van der Waals surface area contributed by atoms with E-state index in [4.69, 9.17) is 4.74 Å². The Morgan fingerprint density at radius 3 is 2.37 bits per heavy atom. The van der Waals surface area contributed by atoms with Crippen LogP contribution in [0.15, 0.2) is 51.8 Å². The van der Waals surface area contributed by atoms with Crippen LogP contribution in [-0.2, 0) is 14.8 Å². The molecule has 0 spiro atoms. The summed E-state index contributed by atoms with van der Waals surface area (Å²) in [6.45, 7) is 2.10. The van der Waals surface area contributed by atoms with Gasteiger partial charge in [0.2, 0.25) is 10.0 Å². The third-order valence-corrected chi connectivity index (χ3v) is 7.34. The third-order valence-electron chi connectivity index (χ3n) is 4.77. The van der Waals surface area contributed by atoms with Gasteiger partial charge in [0.25, 0.3) is 11.6 Å². The second-order valence-corrected chi connectivity index (χ2v) is 9.56. The minimum atomic E-state index is -3.90. The predicted octanol–water partition coefficient (Wildman–Crippen LogP) is 2.58. The van der Waals surface area contributed by atoms with Crippen molar-refractivity contribution in [2.75, 3.05) is 32.8 Å². The van der Waals surface area contributed by atoms with Gasteiger partial charge in [-0.1, -0.05) is 22.0 Å². The topological polar surface area (TPSA) is 110 Å². The Bertz CT molecular complexity index is 1050. The van der Waals surface area contributed by atoms with Crippen LogP contribution in [0, 0.1) is 17.0 Å². The Morgan fingerprint density at radius 2 is 1.77 bits per heavy atom. The van der Waals surface area contributed by atoms with Crippen molar-refractivity contribution in [2.24, 2.45) is 0 Å². The molecule has 0 aromatic heterocycles. The number of amides is 1. The molecule has 0 aliphatic carbocycles. The number of sulfonamides is 1. The first kappa shape index (κ1) is 22.2. The van der Waals surface area contributed by atoms with Crippen LogP contribution in [0.2, 0.25) is 0 Å². The summed E-state index contributed by atoms with van der Waals surface area (Å²) in [5.74, 6) is 0.329. The maximum absolute atomic E-state index is 13.0. The summed E-state index contributed by atoms with van der Waals surface area (Å²) in [4.78, 5) is 24.2. The van der Waals surface area contributed by atoms with Crippen LogP contribution in [0.25, 0.3) is 0 Å². The molecule has 30 heavy (non-hydrogen) atoms. The molecule has 0 atom stereocenters. The Kier molecular flexibility index (Phi) is 6.74. The molecule has 160 valence electrons. The van der Waals surface area contributed by atoms with E-state index in [0.717, 1.165) is 10.5 Å². The number of hydrogen-bond donors (Lipinski definition) is 0. The average molecular weight is 498 g/mol. The summed E-state index contributed by atoms with van der Waals surface area (Å²) in [6.07, 6.45) is 0. The molecule has 0 N–H and O–H groups in total. The van der Waals surface area contributed by atoms with Crippen LogP contribution in [0.4, 0.5) is 5.69 Å². The van der Waals surface area contributed by atoms with Crippen molar-refractivity contribution in [1.29, 1.82) is 0 Å². The lowest BCUT2D eigenvalue weighted by Gasteiger charge is -2.34. The van der Waals surface area contributed by atoms with Crippen molar-refractivity contribution in [3.63, 3.8) is 0 Å². The van der Waals surface area contributed by atoms with Gasteiger partial charge in [0.15, 0.2) is 6.61 Å². The highest BCUT2D eigenvalue weighted by Gasteiger charge is 2.32. The fraction of sp³-hybridized carbons (Fsp3) is 0.316. The lowest BCUT2D eigenvalue weighted by molar-refractivity contribution is -0.385. The van der Waals surface area contributed by atoms with Gasteiger partial charge in [0.05, 0.1) is 9.82 Å². The van der Waals surface area contributed by atoms with E-state index in [0.29, 0.717) is 11.3 Å². The van der Waals surface area contributed by atoms with Crippen molar-refractivity contribution in [2.45, 2.75) is 11.8 Å². The van der Waals surface area contributed by atoms with E-state index >= 15 is 0 Å². The minimum absolute atomic E-state index is 0.0879. The van der Waals surface area contributed by atoms with Crippen molar-refractivity contribution in [3.05, 3.63) is 62.6 Å². The summed E-state index contributed by atoms with van der Waals surface area (Å²) < 4.78 is 33.6. The fourth-order valence-electron chi connectivity index (χ4n) is 3.06. The van der Waals surface area contributed by atoms with Gasteiger partial charge in [-0.25, -0.2) is 8.42 Å². The highest BCUT2D eigenvalue weighted by molar-refractivity contribution is 9.10. The first-order valence-electron chi connectivity index (χ1n) is 9.10. The SMILES string of the molecule is Cc1ccc([N+](=O)[O-])cc1S(=O)(=O)N1CCN(C(=O)COc2ccc(Br)cc2)CC1. The summed E-state index contributed by atoms with van der Waals surface area (Å²) in [7, 11) is -3.90. The second kappa shape index (κ2) is 9.11. The van der Waals surface area contributed by atoms with Gasteiger partial charge in [-0.05, 0) is 36.8 Å². The number of ether oxygens (including phenoxy) is 1. The summed E-state index contributed by atoms with van der Waals surface area (Å²) in [5.41, 5.74) is 0.153. The van der Waals surface area contributed by atoms with Crippen LogP contribution in [0.3, 0.4) is 0 Å². The molecule has 9 nitrogen and oxygen atoms in total. The zero-order valence-electron chi connectivity index (χ0n) is 16.2. The van der Waals surface area contributed by atoms with Crippen LogP contribution in [0.1, 0.15) is 5.56 Å². The largest absolute Gasteiger partial charge is 0.484 e. The Balaban J connectivity index is 1.61. The number of carbonyl (C=O) groups is 1. The molecule has 1 amide bonds. The van der Waals surface area contributed by atoms with E-state index in [1.54, 1.807) is 36.1 Å². The zero-order valence-corrected chi connectivity index (χ0v) is 18.6. The number of piperazine rings is 1. The van der Waals surface area contributed by atoms with Crippen LogP contribution in [0.5, 0.6) is 5.75 Å². The molecule has 1 fully saturated rings. The second-order valence-electron chi connectivity index (χ2n) is 6.73. The predicted molar refractivity (Wildman–Crippen MR) is 113 cm³/mol. The number of nitro groups is 1. The number of carbonyl (C=O) groups excluding carboxylic acids is 1. The van der Waals surface area contributed by atoms with Crippen LogP contribution < -0.4 is 4.74 Å². The van der Waals surface area contributed by atoms with Gasteiger partial charge < -0.3 is 9.64 Å². The zero-order chi connectivity index (χ0) is 21.9. The molecule has 0 bridgehead atoms. The lowest BCUT2D eigenvalue weighted by Crippen LogP contribution is -2.51. The number of halogens is 1. The summed E-state index contributed by atoms with van der Waals surface area (Å²) in [5, 5.41) is 11.0. The maximum Gasteiger partial charge on any atom is 0.270 e. The highest BCUT2D eigenvalue weighted by Crippen LogP contribution is 2.25. The maximum atomic E-state index is 13.0. The molecular weight excluding hydrogens is 478 g/mol. The highest BCUT2D eigenvalue weighted by atomic mass is 79.9. The minimum Gasteiger partial charge on any atom is -0.484 e. The monoisotopic (exact) mass is 497 g/mol. The number of nitro benzene ring substituents is 1. The van der Waals surface area contributed by atoms with Crippen LogP contribution in [-0.4, -0.2) is 61.2 Å². The fourth-order valence-corrected chi connectivity index (χ4v) is 5.00. The average Bonchev–Trinajstić information content (AvgIpc) is 2.73. The number of hydrogen-bond acceptors (Lipinski definition) is 6. The summed E-state index contributed by atoms with van der Waals surface area (Å²) >= 11 is 3.32. The van der Waals surface area contributed by atoms with Crippen molar-refractivity contribution in [3.8, 4) is 5.75 Å². The third kappa shape index (κ3) is 4.97. The molecule has 0 saturated carbocycles. The van der Waals surface area contributed by atoms with E-state index in [1.807, 2.05) is 0 Å². The molecule has 11 heteroatoms. The smallest absolute Gasteiger partial charge is 0.270 e. The van der Waals surface area contributed by atoms with Gasteiger partial charge in [0, 0.05) is 42.8 Å². The number of benzene rings is 2. The molecule has 1 saturated heterocycles. The standard InChI is InChI=1S/C19H20BrN3O6S/c1-14-2-5-16(23(25)26)12-18(14)30(27,28)22-10-8-21(9-11-22)19(24)13-29-17-6-3-15(20)4-7-17/h2-7,12H,8-11,13H2,1H3. The summed E-state index contributed by atoms with van der Waals surface area (Å²) in [6, 6.07) is 10.9. The normalized spacial score (nSPS) is 15.1. The first-order chi connectivity index (χ1) is 14.2. The van der Waals surface area contributed by atoms with Gasteiger partial charge >= 0.3 is 0 Å². The van der Waals surface area contributed by atoms with E-state index in [9.17, 15) is 23.3 Å². The quantitative estimate of drug-likeness (QED) is 0.447. The van der Waals surface area contributed by atoms with E-state index in [-0.39, 0.29) is 49.3 Å². The molecule has 2 aromatic rings. The number of rotatable bonds is 6. The molecule has 1 aliphatic rings. The molecule has 0 unspecified atom stereocenters. The van der Waals surface area contributed by atoms with Crippen molar-refractivity contribution >= 4 is 37.5 Å².